The molecule has 0 fully saturated rings. The van der Waals surface area contributed by atoms with Gasteiger partial charge >= 0.3 is 0 Å². The smallest absolute Gasteiger partial charge is 0.0378 e. The minimum atomic E-state index is 0.955. The lowest BCUT2D eigenvalue weighted by Gasteiger charge is -2.09. The first kappa shape index (κ1) is 12.6. The fraction of sp³-hybridized carbons (Fsp3) is 0.235. The van der Waals surface area contributed by atoms with E-state index in [1.807, 2.05) is 13.1 Å². The second kappa shape index (κ2) is 5.18. The highest BCUT2D eigenvalue weighted by Gasteiger charge is 2.04. The van der Waals surface area contributed by atoms with Gasteiger partial charge in [0.1, 0.15) is 0 Å². The third-order valence-electron chi connectivity index (χ3n) is 3.00. The number of aromatic nitrogens is 1. The van der Waals surface area contributed by atoms with Gasteiger partial charge in [-0.25, -0.2) is 0 Å². The molecule has 0 bridgehead atoms. The Bertz CT molecular complexity index is 582. The predicted molar refractivity (Wildman–Crippen MR) is 77.7 cm³/mol. The quantitative estimate of drug-likeness (QED) is 0.717. The minimum absolute atomic E-state index is 0.955. The van der Waals surface area contributed by atoms with E-state index in [1.165, 1.54) is 27.8 Å². The van der Waals surface area contributed by atoms with Crippen molar-refractivity contribution in [3.05, 3.63) is 65.5 Å². The van der Waals surface area contributed by atoms with Crippen LogP contribution in [0.4, 0.5) is 0 Å². The van der Waals surface area contributed by atoms with Crippen LogP contribution < -0.4 is 0 Å². The van der Waals surface area contributed by atoms with Gasteiger partial charge in [-0.15, -0.1) is 0 Å². The second-order valence-electron chi connectivity index (χ2n) is 4.97. The van der Waals surface area contributed by atoms with Crippen LogP contribution in [0.15, 0.2) is 48.7 Å². The van der Waals surface area contributed by atoms with Crippen LogP contribution in [0.3, 0.4) is 0 Å². The van der Waals surface area contributed by atoms with Crippen molar-refractivity contribution in [2.24, 2.45) is 0 Å². The van der Waals surface area contributed by atoms with Gasteiger partial charge in [0.25, 0.3) is 0 Å². The van der Waals surface area contributed by atoms with Crippen LogP contribution in [0.1, 0.15) is 23.7 Å². The highest BCUT2D eigenvalue weighted by molar-refractivity contribution is 5.67. The first-order chi connectivity index (χ1) is 8.56. The van der Waals surface area contributed by atoms with Crippen LogP contribution in [0, 0.1) is 13.8 Å². The average molecular weight is 237 g/mol. The maximum Gasteiger partial charge on any atom is 0.0378 e. The molecule has 1 aromatic carbocycles. The molecule has 0 amide bonds. The van der Waals surface area contributed by atoms with Gasteiger partial charge < -0.3 is 0 Å². The molecule has 1 aromatic heterocycles. The number of rotatable bonds is 3. The number of aryl methyl sites for hydroxylation is 2. The van der Waals surface area contributed by atoms with Crippen molar-refractivity contribution in [1.82, 2.24) is 4.98 Å². The summed E-state index contributed by atoms with van der Waals surface area (Å²) < 4.78 is 0. The Morgan fingerprint density at radius 1 is 1.17 bits per heavy atom. The van der Waals surface area contributed by atoms with E-state index in [-0.39, 0.29) is 0 Å². The number of hydrogen-bond acceptors (Lipinski definition) is 1. The molecule has 0 saturated heterocycles. The van der Waals surface area contributed by atoms with Gasteiger partial charge in [-0.3, -0.25) is 4.98 Å². The van der Waals surface area contributed by atoms with Crippen molar-refractivity contribution in [2.45, 2.75) is 27.2 Å². The summed E-state index contributed by atoms with van der Waals surface area (Å²) in [7, 11) is 0. The van der Waals surface area contributed by atoms with Crippen LogP contribution in [0.5, 0.6) is 0 Å². The number of pyridine rings is 1. The van der Waals surface area contributed by atoms with Gasteiger partial charge in [-0.2, -0.15) is 0 Å². The molecule has 2 aromatic rings. The van der Waals surface area contributed by atoms with Crippen molar-refractivity contribution >= 4 is 0 Å². The lowest BCUT2D eigenvalue weighted by atomic mass is 9.96. The summed E-state index contributed by atoms with van der Waals surface area (Å²) in [5.74, 6) is 0. The largest absolute Gasteiger partial charge is 0.262 e. The third-order valence-corrected chi connectivity index (χ3v) is 3.00. The first-order valence-electron chi connectivity index (χ1n) is 6.23. The molecule has 1 heteroatoms. The molecule has 0 atom stereocenters. The lowest BCUT2D eigenvalue weighted by Crippen LogP contribution is -1.90. The van der Waals surface area contributed by atoms with Crippen LogP contribution in [0.25, 0.3) is 11.1 Å². The highest BCUT2D eigenvalue weighted by Crippen LogP contribution is 2.25. The number of nitrogens with zero attached hydrogens (tertiary/aromatic N) is 1. The second-order valence-corrected chi connectivity index (χ2v) is 4.97. The van der Waals surface area contributed by atoms with Crippen molar-refractivity contribution < 1.29 is 0 Å². The molecule has 1 nitrogen and oxygen atoms in total. The normalized spacial score (nSPS) is 10.4. The molecule has 0 aliphatic carbocycles. The van der Waals surface area contributed by atoms with Crippen LogP contribution in [0.2, 0.25) is 0 Å². The number of allylic oxidation sites excluding steroid dienone is 1. The monoisotopic (exact) mass is 237 g/mol. The first-order valence-corrected chi connectivity index (χ1v) is 6.23. The fourth-order valence-electron chi connectivity index (χ4n) is 2.22. The van der Waals surface area contributed by atoms with E-state index in [2.05, 4.69) is 55.7 Å². The van der Waals surface area contributed by atoms with E-state index >= 15 is 0 Å². The average Bonchev–Trinajstić information content (AvgIpc) is 2.28. The molecule has 0 radical (unpaired) electrons. The molecule has 18 heavy (non-hydrogen) atoms. The zero-order chi connectivity index (χ0) is 13.1. The van der Waals surface area contributed by atoms with Crippen LogP contribution in [-0.2, 0) is 6.42 Å². The molecule has 0 aliphatic rings. The van der Waals surface area contributed by atoms with E-state index in [4.69, 9.17) is 0 Å². The molecule has 0 spiro atoms. The SMILES string of the molecule is C=C(C)Cc1ccc(-c2ccnc(C)c2)c(C)c1. The Kier molecular flexibility index (Phi) is 3.61. The van der Waals surface area contributed by atoms with Crippen molar-refractivity contribution in [2.75, 3.05) is 0 Å². The minimum Gasteiger partial charge on any atom is -0.262 e. The fourth-order valence-corrected chi connectivity index (χ4v) is 2.22. The van der Waals surface area contributed by atoms with E-state index in [9.17, 15) is 0 Å². The Hall–Kier alpha value is -1.89. The molecule has 0 N–H and O–H groups in total. The third kappa shape index (κ3) is 2.86. The van der Waals surface area contributed by atoms with Gasteiger partial charge in [-0.1, -0.05) is 30.4 Å². The predicted octanol–water partition coefficient (Wildman–Crippen LogP) is 4.48. The van der Waals surface area contributed by atoms with Gasteiger partial charge in [0.15, 0.2) is 0 Å². The Labute approximate surface area is 109 Å². The summed E-state index contributed by atoms with van der Waals surface area (Å²) in [5.41, 5.74) is 7.40. The molecular weight excluding hydrogens is 218 g/mol. The van der Waals surface area contributed by atoms with E-state index in [0.717, 1.165) is 12.1 Å². The van der Waals surface area contributed by atoms with Crippen LogP contribution in [-0.4, -0.2) is 4.98 Å². The van der Waals surface area contributed by atoms with Crippen molar-refractivity contribution in [3.8, 4) is 11.1 Å². The van der Waals surface area contributed by atoms with Crippen molar-refractivity contribution in [3.63, 3.8) is 0 Å². The highest BCUT2D eigenvalue weighted by atomic mass is 14.6. The Balaban J connectivity index is 2.38. The molecule has 2 rings (SSSR count). The lowest BCUT2D eigenvalue weighted by molar-refractivity contribution is 1.15. The van der Waals surface area contributed by atoms with Gasteiger partial charge in [0, 0.05) is 11.9 Å². The zero-order valence-corrected chi connectivity index (χ0v) is 11.3. The molecule has 0 aliphatic heterocycles. The summed E-state index contributed by atoms with van der Waals surface area (Å²) in [6.45, 7) is 10.2. The summed E-state index contributed by atoms with van der Waals surface area (Å²) in [6, 6.07) is 10.8. The summed E-state index contributed by atoms with van der Waals surface area (Å²) in [4.78, 5) is 4.24. The maximum absolute atomic E-state index is 4.24. The van der Waals surface area contributed by atoms with Gasteiger partial charge in [0.05, 0.1) is 0 Å². The molecule has 0 saturated carbocycles. The Morgan fingerprint density at radius 3 is 2.56 bits per heavy atom. The molecular formula is C17H19N. The Morgan fingerprint density at radius 2 is 1.94 bits per heavy atom. The maximum atomic E-state index is 4.24. The summed E-state index contributed by atoms with van der Waals surface area (Å²) in [5, 5.41) is 0. The van der Waals surface area contributed by atoms with E-state index < -0.39 is 0 Å². The molecule has 1 heterocycles. The van der Waals surface area contributed by atoms with E-state index in [0.29, 0.717) is 0 Å². The number of hydrogen-bond donors (Lipinski definition) is 0. The van der Waals surface area contributed by atoms with Crippen LogP contribution >= 0.6 is 0 Å². The van der Waals surface area contributed by atoms with E-state index in [1.54, 1.807) is 0 Å². The summed E-state index contributed by atoms with van der Waals surface area (Å²) >= 11 is 0. The number of benzene rings is 1. The molecule has 0 unspecified atom stereocenters. The van der Waals surface area contributed by atoms with Gasteiger partial charge in [-0.05, 0) is 61.6 Å². The summed E-state index contributed by atoms with van der Waals surface area (Å²) in [6.07, 6.45) is 2.82. The topological polar surface area (TPSA) is 12.9 Å². The standard InChI is InChI=1S/C17H19N/c1-12(2)9-15-5-6-17(13(3)10-15)16-7-8-18-14(4)11-16/h5-8,10-11H,1,9H2,2-4H3. The van der Waals surface area contributed by atoms with Gasteiger partial charge in [0.2, 0.25) is 0 Å². The van der Waals surface area contributed by atoms with Crippen molar-refractivity contribution in [1.29, 1.82) is 0 Å². The zero-order valence-electron chi connectivity index (χ0n) is 11.3. The molecule has 92 valence electrons.